The van der Waals surface area contributed by atoms with E-state index in [1.807, 2.05) is 156 Å². The number of rotatable bonds is 0. The van der Waals surface area contributed by atoms with Crippen LogP contribution in [0, 0.1) is 55.4 Å². The highest BCUT2D eigenvalue weighted by Crippen LogP contribution is 2.18. The molecule has 0 saturated carbocycles. The smallest absolute Gasteiger partial charge is 0.177 e. The molecule has 9 aromatic rings. The van der Waals surface area contributed by atoms with E-state index in [9.17, 15) is 0 Å². The van der Waals surface area contributed by atoms with Gasteiger partial charge in [-0.25, -0.2) is 39.9 Å². The Morgan fingerprint density at radius 3 is 1.52 bits per heavy atom. The fraction of sp³-hybridized carbons (Fsp3) is 0.364. The van der Waals surface area contributed by atoms with Crippen molar-refractivity contribution in [2.45, 2.75) is 137 Å². The molecule has 71 heavy (non-hydrogen) atoms. The van der Waals surface area contributed by atoms with E-state index < -0.39 is 0 Å². The minimum absolute atomic E-state index is 0. The Morgan fingerprint density at radius 1 is 0.507 bits per heavy atom. The van der Waals surface area contributed by atoms with Crippen LogP contribution in [0.15, 0.2) is 121 Å². The quantitative estimate of drug-likeness (QED) is 0.0757. The van der Waals surface area contributed by atoms with E-state index in [1.165, 1.54) is 42.8 Å². The summed E-state index contributed by atoms with van der Waals surface area (Å²) < 4.78 is 0. The monoisotopic (exact) mass is 971 g/mol. The molecule has 0 bridgehead atoms. The van der Waals surface area contributed by atoms with Crippen molar-refractivity contribution >= 4 is 33.9 Å². The summed E-state index contributed by atoms with van der Waals surface area (Å²) >= 11 is 0. The summed E-state index contributed by atoms with van der Waals surface area (Å²) in [5, 5.41) is 0. The topological polar surface area (TPSA) is 246 Å². The number of nitrogens with one attached hydrogen (secondary N) is 5. The van der Waals surface area contributed by atoms with Crippen molar-refractivity contribution in [3.8, 4) is 0 Å². The molecule has 0 atom stereocenters. The number of aliphatic imine (C=N–C) groups is 1. The maximum absolute atomic E-state index is 5.25. The second-order valence-corrected chi connectivity index (χ2v) is 14.6. The summed E-state index contributed by atoms with van der Waals surface area (Å²) in [4.78, 5) is 51.9. The van der Waals surface area contributed by atoms with Gasteiger partial charge in [0.25, 0.3) is 0 Å². The second-order valence-electron chi connectivity index (χ2n) is 14.6. The number of hydrogen-bond acceptors (Lipinski definition) is 11. The number of nitrogens with two attached hydrogens (primary N) is 2. The van der Waals surface area contributed by atoms with Gasteiger partial charge < -0.3 is 36.4 Å². The van der Waals surface area contributed by atoms with E-state index in [1.54, 1.807) is 43.3 Å². The first-order chi connectivity index (χ1) is 32.9. The van der Waals surface area contributed by atoms with E-state index in [0.717, 1.165) is 75.0 Å². The van der Waals surface area contributed by atoms with Gasteiger partial charge in [-0.2, -0.15) is 0 Å². The van der Waals surface area contributed by atoms with Gasteiger partial charge in [0.2, 0.25) is 0 Å². The maximum atomic E-state index is 5.25. The summed E-state index contributed by atoms with van der Waals surface area (Å²) in [5.41, 5.74) is 20.4. The number of H-pyrrole nitrogens is 5. The van der Waals surface area contributed by atoms with Crippen molar-refractivity contribution in [3.63, 3.8) is 0 Å². The normalized spacial score (nSPS) is 10.6. The van der Waals surface area contributed by atoms with Crippen molar-refractivity contribution in [2.75, 3.05) is 5.73 Å². The van der Waals surface area contributed by atoms with Gasteiger partial charge in [0, 0.05) is 60.7 Å². The molecule has 0 radical (unpaired) electrons. The number of fused-ring (bicyclic) bond motifs is 3. The molecule has 2 aliphatic rings. The van der Waals surface area contributed by atoms with Crippen LogP contribution in [0.5, 0.6) is 0 Å². The number of nitrogens with zero attached hydrogens (tertiary/aromatic N) is 9. The number of pyridine rings is 3. The number of imidazole rings is 5. The number of aromatic nitrogens is 13. The van der Waals surface area contributed by atoms with E-state index in [4.69, 9.17) is 11.5 Å². The number of para-hydroxylation sites is 2. The second kappa shape index (κ2) is 38.1. The van der Waals surface area contributed by atoms with Crippen molar-refractivity contribution in [2.24, 2.45) is 10.7 Å². The summed E-state index contributed by atoms with van der Waals surface area (Å²) in [6.07, 6.45) is 18.2. The van der Waals surface area contributed by atoms with Crippen LogP contribution in [0.2, 0.25) is 0 Å². The lowest BCUT2D eigenvalue weighted by molar-refractivity contribution is 0.667. The van der Waals surface area contributed by atoms with Crippen LogP contribution in [0.3, 0.4) is 0 Å². The van der Waals surface area contributed by atoms with Gasteiger partial charge in [-0.05, 0) is 130 Å². The molecule has 0 fully saturated rings. The zero-order chi connectivity index (χ0) is 50.1. The third kappa shape index (κ3) is 27.1. The molecular formula is C55H86N16. The summed E-state index contributed by atoms with van der Waals surface area (Å²) in [5.74, 6) is 6.22. The van der Waals surface area contributed by atoms with E-state index in [2.05, 4.69) is 69.8 Å². The molecule has 1 aromatic carbocycles. The minimum Gasteiger partial charge on any atom is -0.387 e. The van der Waals surface area contributed by atoms with Crippen molar-refractivity contribution < 1.29 is 0 Å². The van der Waals surface area contributed by atoms with Crippen LogP contribution in [-0.2, 0) is 12.8 Å². The average Bonchev–Trinajstić information content (AvgIpc) is 4.23. The van der Waals surface area contributed by atoms with Gasteiger partial charge in [-0.1, -0.05) is 80.3 Å². The van der Waals surface area contributed by atoms with Gasteiger partial charge in [-0.3, -0.25) is 4.98 Å². The van der Waals surface area contributed by atoms with E-state index >= 15 is 0 Å². The highest BCUT2D eigenvalue weighted by molar-refractivity contribution is 5.84. The van der Waals surface area contributed by atoms with Gasteiger partial charge in [-0.15, -0.1) is 0 Å². The Labute approximate surface area is 424 Å². The predicted octanol–water partition coefficient (Wildman–Crippen LogP) is 13.1. The number of hydrogen-bond donors (Lipinski definition) is 7. The molecule has 11 rings (SSSR count). The Balaban J connectivity index is 0. The first-order valence-electron chi connectivity index (χ1n) is 23.1. The third-order valence-electron chi connectivity index (χ3n) is 9.01. The molecule has 8 aromatic heterocycles. The zero-order valence-electron chi connectivity index (χ0n) is 42.2. The average molecular weight is 971 g/mol. The lowest BCUT2D eigenvalue weighted by Gasteiger charge is -2.07. The Kier molecular flexibility index (Phi) is 35.1. The molecule has 0 spiro atoms. The highest BCUT2D eigenvalue weighted by atomic mass is 15.0. The van der Waals surface area contributed by atoms with Crippen LogP contribution in [0.25, 0.3) is 22.2 Å². The van der Waals surface area contributed by atoms with Gasteiger partial charge >= 0.3 is 0 Å². The predicted molar refractivity (Wildman–Crippen MR) is 301 cm³/mol. The Morgan fingerprint density at radius 2 is 1.10 bits per heavy atom. The summed E-state index contributed by atoms with van der Waals surface area (Å²) in [6.45, 7) is 23.8. The van der Waals surface area contributed by atoms with Crippen LogP contribution < -0.4 is 11.5 Å². The number of anilines is 1. The lowest BCUT2D eigenvalue weighted by atomic mass is 10.0. The summed E-state index contributed by atoms with van der Waals surface area (Å²) in [7, 11) is 0. The van der Waals surface area contributed by atoms with Crippen LogP contribution in [0.1, 0.15) is 127 Å². The van der Waals surface area contributed by atoms with Gasteiger partial charge in [0.1, 0.15) is 40.8 Å². The largest absolute Gasteiger partial charge is 0.387 e. The van der Waals surface area contributed by atoms with Crippen molar-refractivity contribution in [1.82, 2.24) is 64.8 Å². The number of nitrogen functional groups attached to an aromatic ring is 1. The summed E-state index contributed by atoms with van der Waals surface area (Å²) in [6, 6.07) is 23.1. The fourth-order valence-electron chi connectivity index (χ4n) is 5.91. The molecule has 16 nitrogen and oxygen atoms in total. The minimum atomic E-state index is 0. The number of benzene rings is 1. The van der Waals surface area contributed by atoms with Crippen LogP contribution in [-0.4, -0.2) is 70.6 Å². The Bertz CT molecular complexity index is 2490. The van der Waals surface area contributed by atoms with Crippen LogP contribution in [0.4, 0.5) is 5.82 Å². The van der Waals surface area contributed by atoms with Gasteiger partial charge in [0.15, 0.2) is 5.65 Å². The maximum Gasteiger partial charge on any atom is 0.177 e. The first-order valence-corrected chi connectivity index (χ1v) is 23.1. The molecule has 9 heterocycles. The SMILES string of the molecule is C.C.C.CC.CC.Cc1ccccn1.Cc1nc(C)c(C)[nH]1.Cc1nc2c([nH]1)CCCC2.Cc1nc2ccccc2[nH]1.Cc1nc2ncccc2[nH]1.Cc1ncc[nH]1.NC1=NC=CC1.Nc1ccccn1. The molecule has 1 aliphatic carbocycles. The van der Waals surface area contributed by atoms with E-state index in [0.29, 0.717) is 5.82 Å². The van der Waals surface area contributed by atoms with Crippen molar-refractivity contribution in [3.05, 3.63) is 174 Å². The molecule has 9 N–H and O–H groups in total. The third-order valence-corrected chi connectivity index (χ3v) is 9.01. The van der Waals surface area contributed by atoms with E-state index in [-0.39, 0.29) is 22.3 Å². The molecular weight excluding hydrogens is 885 g/mol. The fourth-order valence-corrected chi connectivity index (χ4v) is 5.91. The molecule has 0 unspecified atom stereocenters. The van der Waals surface area contributed by atoms with Crippen LogP contribution >= 0.6 is 0 Å². The molecule has 0 saturated heterocycles. The highest BCUT2D eigenvalue weighted by Gasteiger charge is 2.11. The zero-order valence-corrected chi connectivity index (χ0v) is 42.2. The van der Waals surface area contributed by atoms with Gasteiger partial charge in [0.05, 0.1) is 27.9 Å². The number of aryl methyl sites for hydroxylation is 10. The molecule has 1 aliphatic heterocycles. The number of aromatic amines is 5. The van der Waals surface area contributed by atoms with Crippen molar-refractivity contribution in [1.29, 1.82) is 0 Å². The Hall–Kier alpha value is -7.75. The standard InChI is InChI=1S/C8H12N2.C8H8N2.C7H7N3.C6H10N2.C6H7N.C5H6N2.2C4H6N2.2C2H6.3CH4/c2*1-6-9-7-4-2-3-5-8(7)10-6;1-5-9-6-3-2-4-8-7(6)10-5;1-4-5(2)8-6(3)7-4;1-6-4-2-3-5-7-6;6-5-3-1-2-4-7-5;1-4-5-2-3-6-4;5-4-2-1-3-6-4;2*1-2;;;/h2-5H2,1H3,(H,9,10);2-5H,1H3,(H,9,10);2-4H,1H3,(H,8,9,10);1-3H3,(H,7,8);2-5H,1H3;1-4H,(H2,6,7);2-3H,1H3,(H,5,6);1,3H,2H2,(H2,5,6);2*1-2H3;3*1H4. The molecule has 386 valence electrons. The first kappa shape index (κ1) is 65.3. The molecule has 0 amide bonds. The molecule has 16 heteroatoms. The lowest BCUT2D eigenvalue weighted by Crippen LogP contribution is -2.05. The number of amidine groups is 1.